The van der Waals surface area contributed by atoms with Crippen molar-refractivity contribution in [1.29, 1.82) is 0 Å². The third-order valence-corrected chi connectivity index (χ3v) is 5.86. The summed E-state index contributed by atoms with van der Waals surface area (Å²) in [6, 6.07) is 26.8. The Morgan fingerprint density at radius 3 is 2.42 bits per heavy atom. The Hall–Kier alpha value is -2.52. The number of nitrogens with zero attached hydrogens (tertiary/aromatic N) is 1. The lowest BCUT2D eigenvalue weighted by Gasteiger charge is -2.23. The molecule has 0 aromatic heterocycles. The van der Waals surface area contributed by atoms with E-state index in [-0.39, 0.29) is 11.9 Å². The first-order chi connectivity index (χ1) is 12.7. The molecule has 0 N–H and O–H groups in total. The molecule has 3 heteroatoms. The van der Waals surface area contributed by atoms with Crippen molar-refractivity contribution in [2.75, 3.05) is 4.90 Å². The van der Waals surface area contributed by atoms with Crippen molar-refractivity contribution in [3.05, 3.63) is 95.6 Å². The van der Waals surface area contributed by atoms with Gasteiger partial charge in [0, 0.05) is 27.9 Å². The maximum absolute atomic E-state index is 13.0. The third-order valence-electron chi connectivity index (χ3n) is 4.78. The number of thioether (sulfide) groups is 1. The molecule has 1 aliphatic heterocycles. The summed E-state index contributed by atoms with van der Waals surface area (Å²) in [4.78, 5) is 16.2. The second-order valence-electron chi connectivity index (χ2n) is 6.66. The molecule has 2 nitrogen and oxygen atoms in total. The van der Waals surface area contributed by atoms with E-state index in [9.17, 15) is 4.79 Å². The summed E-state index contributed by atoms with van der Waals surface area (Å²) in [5, 5.41) is 0. The normalized spacial score (nSPS) is 15.7. The van der Waals surface area contributed by atoms with Gasteiger partial charge in [-0.05, 0) is 54.8 Å². The van der Waals surface area contributed by atoms with Gasteiger partial charge >= 0.3 is 0 Å². The zero-order chi connectivity index (χ0) is 17.9. The highest BCUT2D eigenvalue weighted by Gasteiger charge is 2.31. The van der Waals surface area contributed by atoms with E-state index in [4.69, 9.17) is 0 Å². The molecule has 130 valence electrons. The standard InChI is InChI=1S/C23H21NOS/c1-17-15-20-7-5-6-10-22(20)24(17)23(25)19-13-11-18(12-14-19)16-26-21-8-3-2-4-9-21/h2-14,17H,15-16H2,1H3/t17-/m0/s1. The molecular weight excluding hydrogens is 338 g/mol. The molecule has 1 atom stereocenters. The van der Waals surface area contributed by atoms with Crippen LogP contribution >= 0.6 is 11.8 Å². The molecule has 0 aliphatic carbocycles. The van der Waals surface area contributed by atoms with Gasteiger partial charge in [-0.25, -0.2) is 0 Å². The van der Waals surface area contributed by atoms with E-state index >= 15 is 0 Å². The van der Waals surface area contributed by atoms with Crippen molar-refractivity contribution in [3.63, 3.8) is 0 Å². The van der Waals surface area contributed by atoms with Crippen LogP contribution in [0.3, 0.4) is 0 Å². The number of para-hydroxylation sites is 1. The van der Waals surface area contributed by atoms with E-state index in [1.165, 1.54) is 16.0 Å². The average molecular weight is 359 g/mol. The average Bonchev–Trinajstić information content (AvgIpc) is 3.03. The van der Waals surface area contributed by atoms with Crippen LogP contribution in [0.4, 0.5) is 5.69 Å². The highest BCUT2D eigenvalue weighted by atomic mass is 32.2. The fourth-order valence-electron chi connectivity index (χ4n) is 3.44. The summed E-state index contributed by atoms with van der Waals surface area (Å²) >= 11 is 1.81. The van der Waals surface area contributed by atoms with E-state index < -0.39 is 0 Å². The number of anilines is 1. The van der Waals surface area contributed by atoms with Gasteiger partial charge in [-0.1, -0.05) is 48.5 Å². The molecule has 0 spiro atoms. The van der Waals surface area contributed by atoms with Gasteiger partial charge in [-0.2, -0.15) is 0 Å². The zero-order valence-corrected chi connectivity index (χ0v) is 15.6. The Morgan fingerprint density at radius 2 is 1.65 bits per heavy atom. The fraction of sp³-hybridized carbons (Fsp3) is 0.174. The molecule has 0 bridgehead atoms. The van der Waals surface area contributed by atoms with Gasteiger partial charge in [-0.3, -0.25) is 4.79 Å². The maximum Gasteiger partial charge on any atom is 0.258 e. The lowest BCUT2D eigenvalue weighted by Crippen LogP contribution is -2.35. The summed E-state index contributed by atoms with van der Waals surface area (Å²) in [5.74, 6) is 0.992. The molecule has 1 aliphatic rings. The molecule has 26 heavy (non-hydrogen) atoms. The van der Waals surface area contributed by atoms with Crippen molar-refractivity contribution < 1.29 is 4.79 Å². The highest BCUT2D eigenvalue weighted by molar-refractivity contribution is 7.98. The number of carbonyl (C=O) groups is 1. The van der Waals surface area contributed by atoms with Gasteiger partial charge in [0.15, 0.2) is 0 Å². The topological polar surface area (TPSA) is 20.3 Å². The van der Waals surface area contributed by atoms with Gasteiger partial charge in [0.1, 0.15) is 0 Å². The van der Waals surface area contributed by atoms with E-state index in [1.54, 1.807) is 0 Å². The van der Waals surface area contributed by atoms with Crippen LogP contribution in [0.25, 0.3) is 0 Å². The molecule has 0 radical (unpaired) electrons. The summed E-state index contributed by atoms with van der Waals surface area (Å²) in [6.45, 7) is 2.11. The van der Waals surface area contributed by atoms with Crippen LogP contribution in [0, 0.1) is 0 Å². The lowest BCUT2D eigenvalue weighted by molar-refractivity contribution is 0.0981. The Labute approximate surface area is 158 Å². The molecule has 0 unspecified atom stereocenters. The number of rotatable bonds is 4. The number of carbonyl (C=O) groups excluding carboxylic acids is 1. The largest absolute Gasteiger partial charge is 0.305 e. The summed E-state index contributed by atoms with van der Waals surface area (Å²) in [5.41, 5.74) is 4.28. The van der Waals surface area contributed by atoms with Crippen LogP contribution in [0.5, 0.6) is 0 Å². The first-order valence-electron chi connectivity index (χ1n) is 8.90. The maximum atomic E-state index is 13.0. The van der Waals surface area contributed by atoms with Crippen molar-refractivity contribution in [2.24, 2.45) is 0 Å². The SMILES string of the molecule is C[C@H]1Cc2ccccc2N1C(=O)c1ccc(CSc2ccccc2)cc1. The van der Waals surface area contributed by atoms with Crippen molar-refractivity contribution in [1.82, 2.24) is 0 Å². The number of benzene rings is 3. The Bertz CT molecular complexity index is 905. The third kappa shape index (κ3) is 3.40. The second-order valence-corrected chi connectivity index (χ2v) is 7.70. The van der Waals surface area contributed by atoms with Crippen LogP contribution < -0.4 is 4.90 Å². The molecule has 4 rings (SSSR count). The second kappa shape index (κ2) is 7.38. The minimum absolute atomic E-state index is 0.0877. The highest BCUT2D eigenvalue weighted by Crippen LogP contribution is 2.33. The van der Waals surface area contributed by atoms with Crippen molar-refractivity contribution in [3.8, 4) is 0 Å². The number of fused-ring (bicyclic) bond motifs is 1. The molecule has 0 fully saturated rings. The first-order valence-corrected chi connectivity index (χ1v) is 9.89. The van der Waals surface area contributed by atoms with E-state index in [1.807, 2.05) is 53.1 Å². The van der Waals surface area contributed by atoms with Crippen LogP contribution in [-0.2, 0) is 12.2 Å². The molecular formula is C23H21NOS. The lowest BCUT2D eigenvalue weighted by atomic mass is 10.1. The molecule has 0 saturated carbocycles. The minimum Gasteiger partial charge on any atom is -0.305 e. The molecule has 1 amide bonds. The number of hydrogen-bond donors (Lipinski definition) is 0. The number of amides is 1. The quantitative estimate of drug-likeness (QED) is 0.568. The van der Waals surface area contributed by atoms with E-state index in [2.05, 4.69) is 49.4 Å². The predicted molar refractivity (Wildman–Crippen MR) is 109 cm³/mol. The smallest absolute Gasteiger partial charge is 0.258 e. The Kier molecular flexibility index (Phi) is 4.81. The Balaban J connectivity index is 1.47. The molecule has 0 saturated heterocycles. The van der Waals surface area contributed by atoms with Crippen molar-refractivity contribution >= 4 is 23.4 Å². The summed E-state index contributed by atoms with van der Waals surface area (Å²) in [6.07, 6.45) is 0.924. The number of hydrogen-bond acceptors (Lipinski definition) is 2. The van der Waals surface area contributed by atoms with Crippen LogP contribution in [0.1, 0.15) is 28.4 Å². The predicted octanol–water partition coefficient (Wildman–Crippen LogP) is 5.57. The van der Waals surface area contributed by atoms with Crippen molar-refractivity contribution in [2.45, 2.75) is 30.0 Å². The Morgan fingerprint density at radius 1 is 0.962 bits per heavy atom. The molecule has 3 aromatic carbocycles. The monoisotopic (exact) mass is 359 g/mol. The molecule has 1 heterocycles. The van der Waals surface area contributed by atoms with Crippen LogP contribution in [0.2, 0.25) is 0 Å². The van der Waals surface area contributed by atoms with E-state index in [0.29, 0.717) is 0 Å². The van der Waals surface area contributed by atoms with Gasteiger partial charge in [0.2, 0.25) is 0 Å². The first kappa shape index (κ1) is 16.9. The summed E-state index contributed by atoms with van der Waals surface area (Å²) in [7, 11) is 0. The van der Waals surface area contributed by atoms with Gasteiger partial charge in [0.25, 0.3) is 5.91 Å². The fourth-order valence-corrected chi connectivity index (χ4v) is 4.32. The molecule has 3 aromatic rings. The summed E-state index contributed by atoms with van der Waals surface area (Å²) < 4.78 is 0. The van der Waals surface area contributed by atoms with Gasteiger partial charge < -0.3 is 4.90 Å². The minimum atomic E-state index is 0.0877. The zero-order valence-electron chi connectivity index (χ0n) is 14.8. The van der Waals surface area contributed by atoms with E-state index in [0.717, 1.165) is 23.4 Å². The van der Waals surface area contributed by atoms with Crippen LogP contribution in [-0.4, -0.2) is 11.9 Å². The van der Waals surface area contributed by atoms with Gasteiger partial charge in [0.05, 0.1) is 0 Å². The van der Waals surface area contributed by atoms with Gasteiger partial charge in [-0.15, -0.1) is 11.8 Å². The van der Waals surface area contributed by atoms with Crippen LogP contribution in [0.15, 0.2) is 83.8 Å².